The zero-order valence-electron chi connectivity index (χ0n) is 10.4. The summed E-state index contributed by atoms with van der Waals surface area (Å²) in [5.74, 6) is 0.569. The van der Waals surface area contributed by atoms with Gasteiger partial charge in [-0.1, -0.05) is 32.6 Å². The molecule has 0 bridgehead atoms. The second-order valence-corrected chi connectivity index (χ2v) is 4.02. The van der Waals surface area contributed by atoms with Crippen LogP contribution in [-0.2, 0) is 0 Å². The monoisotopic (exact) mass is 225 g/mol. The number of hydrogen-bond acceptors (Lipinski definition) is 3. The predicted molar refractivity (Wildman–Crippen MR) is 68.4 cm³/mol. The Morgan fingerprint density at radius 2 is 2.06 bits per heavy atom. The quantitative estimate of drug-likeness (QED) is 0.460. The summed E-state index contributed by atoms with van der Waals surface area (Å²) in [5.41, 5.74) is 0.805. The minimum Gasteiger partial charge on any atom is -0.508 e. The fraction of sp³-hybridized carbons (Fsp3) is 0.538. The van der Waals surface area contributed by atoms with Crippen molar-refractivity contribution in [3.8, 4) is 0 Å². The first-order chi connectivity index (χ1) is 7.56. The van der Waals surface area contributed by atoms with Crippen LogP contribution in [0.1, 0.15) is 20.8 Å². The Labute approximate surface area is 98.2 Å². The van der Waals surface area contributed by atoms with E-state index in [1.54, 1.807) is 12.2 Å². The average Bonchev–Trinajstić information content (AvgIpc) is 2.24. The van der Waals surface area contributed by atoms with E-state index in [1.807, 2.05) is 26.8 Å². The second kappa shape index (κ2) is 8.13. The van der Waals surface area contributed by atoms with Gasteiger partial charge in [0.2, 0.25) is 0 Å². The van der Waals surface area contributed by atoms with Gasteiger partial charge in [-0.15, -0.1) is 0 Å². The Kier molecular flexibility index (Phi) is 7.60. The maximum absolute atomic E-state index is 9.65. The van der Waals surface area contributed by atoms with E-state index in [2.05, 4.69) is 11.9 Å². The summed E-state index contributed by atoms with van der Waals surface area (Å²) in [5, 5.41) is 22.0. The lowest BCUT2D eigenvalue weighted by Gasteiger charge is -2.20. The number of nitrogens with one attached hydrogen (secondary N) is 1. The summed E-state index contributed by atoms with van der Waals surface area (Å²) in [4.78, 5) is 0. The summed E-state index contributed by atoms with van der Waals surface area (Å²) >= 11 is 0. The SMILES string of the molecule is C=C/C=C(O)\C(=C/C)CNC(CO)C(C)C. The van der Waals surface area contributed by atoms with E-state index < -0.39 is 0 Å². The molecule has 0 spiro atoms. The Hall–Kier alpha value is -1.06. The van der Waals surface area contributed by atoms with Crippen molar-refractivity contribution < 1.29 is 10.2 Å². The Balaban J connectivity index is 4.36. The lowest BCUT2D eigenvalue weighted by atomic mass is 10.0. The molecule has 0 radical (unpaired) electrons. The summed E-state index contributed by atoms with van der Waals surface area (Å²) in [6.07, 6.45) is 4.95. The Bertz CT molecular complexity index is 267. The molecule has 3 N–H and O–H groups in total. The van der Waals surface area contributed by atoms with Gasteiger partial charge in [-0.3, -0.25) is 0 Å². The van der Waals surface area contributed by atoms with Crippen LogP contribution >= 0.6 is 0 Å². The molecule has 0 aromatic rings. The van der Waals surface area contributed by atoms with Crippen LogP contribution in [0, 0.1) is 5.92 Å². The van der Waals surface area contributed by atoms with Crippen molar-refractivity contribution in [3.63, 3.8) is 0 Å². The van der Waals surface area contributed by atoms with Crippen LogP contribution in [0.4, 0.5) is 0 Å². The van der Waals surface area contributed by atoms with Crippen LogP contribution in [0.3, 0.4) is 0 Å². The zero-order valence-corrected chi connectivity index (χ0v) is 10.4. The number of allylic oxidation sites excluding steroid dienone is 3. The van der Waals surface area contributed by atoms with Gasteiger partial charge in [-0.25, -0.2) is 0 Å². The molecule has 16 heavy (non-hydrogen) atoms. The normalized spacial score (nSPS) is 15.3. The Morgan fingerprint density at radius 3 is 2.44 bits per heavy atom. The Morgan fingerprint density at radius 1 is 1.44 bits per heavy atom. The smallest absolute Gasteiger partial charge is 0.119 e. The minimum atomic E-state index is 0.0477. The third-order valence-corrected chi connectivity index (χ3v) is 2.51. The van der Waals surface area contributed by atoms with Gasteiger partial charge in [0.25, 0.3) is 0 Å². The minimum absolute atomic E-state index is 0.0477. The van der Waals surface area contributed by atoms with Gasteiger partial charge < -0.3 is 15.5 Å². The first-order valence-electron chi connectivity index (χ1n) is 5.58. The predicted octanol–water partition coefficient (Wildman–Crippen LogP) is 2.17. The molecule has 3 heteroatoms. The standard InChI is InChI=1S/C13H23NO2/c1-5-7-13(16)11(6-2)8-14-12(9-15)10(3)4/h5-7,10,12,14-16H,1,8-9H2,2-4H3/b11-6-,13-7+. The fourth-order valence-corrected chi connectivity index (χ4v) is 1.31. The molecule has 1 unspecified atom stereocenters. The molecule has 1 atom stereocenters. The van der Waals surface area contributed by atoms with Crippen LogP contribution in [0.15, 0.2) is 36.1 Å². The van der Waals surface area contributed by atoms with Gasteiger partial charge in [0, 0.05) is 18.2 Å². The molecule has 92 valence electrons. The molecule has 0 saturated heterocycles. The first-order valence-corrected chi connectivity index (χ1v) is 5.58. The zero-order chi connectivity index (χ0) is 12.6. The molecule has 3 nitrogen and oxygen atoms in total. The van der Waals surface area contributed by atoms with Crippen molar-refractivity contribution in [2.45, 2.75) is 26.8 Å². The molecule has 0 aliphatic rings. The van der Waals surface area contributed by atoms with E-state index >= 15 is 0 Å². The number of aliphatic hydroxyl groups is 2. The summed E-state index contributed by atoms with van der Waals surface area (Å²) < 4.78 is 0. The summed E-state index contributed by atoms with van der Waals surface area (Å²) in [6.45, 7) is 10.1. The molecular weight excluding hydrogens is 202 g/mol. The molecule has 0 aliphatic carbocycles. The molecular formula is C13H23NO2. The van der Waals surface area contributed by atoms with Gasteiger partial charge in [-0.2, -0.15) is 0 Å². The van der Waals surface area contributed by atoms with Crippen LogP contribution in [0.25, 0.3) is 0 Å². The van der Waals surface area contributed by atoms with Crippen molar-refractivity contribution in [3.05, 3.63) is 36.1 Å². The molecule has 0 amide bonds. The van der Waals surface area contributed by atoms with E-state index in [4.69, 9.17) is 5.11 Å². The van der Waals surface area contributed by atoms with Crippen molar-refractivity contribution in [2.24, 2.45) is 5.92 Å². The van der Waals surface area contributed by atoms with Crippen LogP contribution < -0.4 is 5.32 Å². The maximum atomic E-state index is 9.65. The van der Waals surface area contributed by atoms with Gasteiger partial charge in [-0.05, 0) is 18.9 Å². The van der Waals surface area contributed by atoms with E-state index in [0.717, 1.165) is 5.57 Å². The molecule has 0 saturated carbocycles. The number of rotatable bonds is 7. The van der Waals surface area contributed by atoms with Gasteiger partial charge in [0.1, 0.15) is 5.76 Å². The lowest BCUT2D eigenvalue weighted by Crippen LogP contribution is -2.38. The highest BCUT2D eigenvalue weighted by Gasteiger charge is 2.12. The van der Waals surface area contributed by atoms with Crippen molar-refractivity contribution in [2.75, 3.05) is 13.2 Å². The van der Waals surface area contributed by atoms with Gasteiger partial charge in [0.05, 0.1) is 6.61 Å². The molecule has 0 aromatic carbocycles. The second-order valence-electron chi connectivity index (χ2n) is 4.02. The van der Waals surface area contributed by atoms with E-state index in [-0.39, 0.29) is 18.4 Å². The van der Waals surface area contributed by atoms with Crippen LogP contribution in [0.5, 0.6) is 0 Å². The maximum Gasteiger partial charge on any atom is 0.119 e. The summed E-state index contributed by atoms with van der Waals surface area (Å²) in [6, 6.07) is 0.0477. The summed E-state index contributed by atoms with van der Waals surface area (Å²) in [7, 11) is 0. The van der Waals surface area contributed by atoms with E-state index in [9.17, 15) is 5.11 Å². The van der Waals surface area contributed by atoms with Gasteiger partial charge >= 0.3 is 0 Å². The largest absolute Gasteiger partial charge is 0.508 e. The van der Waals surface area contributed by atoms with Crippen molar-refractivity contribution in [1.29, 1.82) is 0 Å². The highest BCUT2D eigenvalue weighted by Crippen LogP contribution is 2.07. The van der Waals surface area contributed by atoms with E-state index in [1.165, 1.54) is 0 Å². The highest BCUT2D eigenvalue weighted by molar-refractivity contribution is 5.28. The average molecular weight is 225 g/mol. The molecule has 0 aromatic heterocycles. The first kappa shape index (κ1) is 14.9. The fourth-order valence-electron chi connectivity index (χ4n) is 1.31. The van der Waals surface area contributed by atoms with E-state index in [0.29, 0.717) is 12.5 Å². The highest BCUT2D eigenvalue weighted by atomic mass is 16.3. The van der Waals surface area contributed by atoms with Crippen molar-refractivity contribution >= 4 is 0 Å². The molecule has 0 rings (SSSR count). The van der Waals surface area contributed by atoms with Crippen LogP contribution in [-0.4, -0.2) is 29.4 Å². The third-order valence-electron chi connectivity index (χ3n) is 2.51. The van der Waals surface area contributed by atoms with Crippen LogP contribution in [0.2, 0.25) is 0 Å². The van der Waals surface area contributed by atoms with Gasteiger partial charge in [0.15, 0.2) is 0 Å². The number of aliphatic hydroxyl groups excluding tert-OH is 2. The third kappa shape index (κ3) is 5.14. The topological polar surface area (TPSA) is 52.5 Å². The molecule has 0 heterocycles. The number of hydrogen-bond donors (Lipinski definition) is 3. The molecule has 0 fully saturated rings. The van der Waals surface area contributed by atoms with Crippen molar-refractivity contribution in [1.82, 2.24) is 5.32 Å². The lowest BCUT2D eigenvalue weighted by molar-refractivity contribution is 0.213. The molecule has 0 aliphatic heterocycles.